The predicted molar refractivity (Wildman–Crippen MR) is 150 cm³/mol. The molecule has 1 aliphatic heterocycles. The van der Waals surface area contributed by atoms with Gasteiger partial charge in [-0.25, -0.2) is 0 Å². The van der Waals surface area contributed by atoms with Crippen molar-refractivity contribution in [3.05, 3.63) is 94.0 Å². The van der Waals surface area contributed by atoms with Crippen LogP contribution in [0.2, 0.25) is 5.02 Å². The second-order valence-corrected chi connectivity index (χ2v) is 11.0. The van der Waals surface area contributed by atoms with Gasteiger partial charge in [0.2, 0.25) is 0 Å². The Morgan fingerprint density at radius 1 is 0.974 bits per heavy atom. The first-order valence-corrected chi connectivity index (χ1v) is 12.8. The van der Waals surface area contributed by atoms with Crippen LogP contribution in [-0.2, 0) is 15.0 Å². The van der Waals surface area contributed by atoms with Crippen LogP contribution in [0, 0.1) is 0 Å². The van der Waals surface area contributed by atoms with Gasteiger partial charge in [-0.15, -0.1) is 0 Å². The third-order valence-electron chi connectivity index (χ3n) is 6.45. The molecule has 1 unspecified atom stereocenters. The molecule has 198 valence electrons. The summed E-state index contributed by atoms with van der Waals surface area (Å²) < 4.78 is 11.0. The Morgan fingerprint density at radius 2 is 1.61 bits per heavy atom. The smallest absolute Gasteiger partial charge is 0.300 e. The maximum absolute atomic E-state index is 13.4. The van der Waals surface area contributed by atoms with Crippen LogP contribution in [0.5, 0.6) is 11.5 Å². The fourth-order valence-corrected chi connectivity index (χ4v) is 4.76. The van der Waals surface area contributed by atoms with Crippen molar-refractivity contribution in [2.24, 2.45) is 0 Å². The largest absolute Gasteiger partial charge is 0.507 e. The topological polar surface area (TPSA) is 76.1 Å². The highest BCUT2D eigenvalue weighted by Gasteiger charge is 2.47. The molecule has 1 heterocycles. The Bertz CT molecular complexity index is 1390. The molecular formula is C31H32ClNO5. The molecule has 1 N–H and O–H groups in total. The van der Waals surface area contributed by atoms with Gasteiger partial charge in [0.1, 0.15) is 17.3 Å². The molecule has 1 amide bonds. The molecule has 1 aliphatic rings. The fourth-order valence-electron chi connectivity index (χ4n) is 4.51. The molecule has 7 heteroatoms. The number of aliphatic hydroxyl groups is 1. The van der Waals surface area contributed by atoms with Crippen LogP contribution < -0.4 is 14.4 Å². The Morgan fingerprint density at radius 3 is 2.13 bits per heavy atom. The zero-order valence-corrected chi connectivity index (χ0v) is 23.2. The van der Waals surface area contributed by atoms with Crippen molar-refractivity contribution >= 4 is 34.7 Å². The summed E-state index contributed by atoms with van der Waals surface area (Å²) in [6.07, 6.45) is -0.00673. The highest BCUT2D eigenvalue weighted by molar-refractivity contribution is 6.51. The number of aliphatic hydroxyl groups excluding tert-OH is 1. The van der Waals surface area contributed by atoms with Gasteiger partial charge in [0, 0.05) is 11.3 Å². The summed E-state index contributed by atoms with van der Waals surface area (Å²) in [5.74, 6) is -0.725. The van der Waals surface area contributed by atoms with Crippen LogP contribution >= 0.6 is 11.6 Å². The van der Waals surface area contributed by atoms with Gasteiger partial charge in [-0.2, -0.15) is 0 Å². The molecule has 1 atom stereocenters. The molecule has 0 spiro atoms. The molecule has 0 aromatic heterocycles. The SMILES string of the molecule is COc1ccc(/C(O)=C2/C(=O)C(=O)N(c3ccc(OC(C)C)cc3)C2c2ccc(C(C)(C)C)cc2)cc1Cl. The monoisotopic (exact) mass is 533 g/mol. The van der Waals surface area contributed by atoms with Crippen LogP contribution in [0.3, 0.4) is 0 Å². The molecule has 0 aliphatic carbocycles. The number of rotatable bonds is 6. The summed E-state index contributed by atoms with van der Waals surface area (Å²) in [7, 11) is 1.49. The van der Waals surface area contributed by atoms with Gasteiger partial charge in [-0.1, -0.05) is 56.6 Å². The van der Waals surface area contributed by atoms with Crippen molar-refractivity contribution in [3.63, 3.8) is 0 Å². The number of hydrogen-bond acceptors (Lipinski definition) is 5. The Hall–Kier alpha value is -3.77. The van der Waals surface area contributed by atoms with Gasteiger partial charge in [-0.3, -0.25) is 14.5 Å². The maximum atomic E-state index is 13.4. The van der Waals surface area contributed by atoms with Crippen molar-refractivity contribution < 1.29 is 24.2 Å². The first-order chi connectivity index (χ1) is 17.9. The van der Waals surface area contributed by atoms with E-state index in [9.17, 15) is 14.7 Å². The van der Waals surface area contributed by atoms with Crippen molar-refractivity contribution in [2.45, 2.75) is 52.2 Å². The van der Waals surface area contributed by atoms with E-state index in [0.717, 1.165) is 5.56 Å². The molecule has 3 aromatic rings. The number of ether oxygens (including phenoxy) is 2. The number of ketones is 1. The number of hydrogen-bond donors (Lipinski definition) is 1. The average Bonchev–Trinajstić information content (AvgIpc) is 3.13. The lowest BCUT2D eigenvalue weighted by molar-refractivity contribution is -0.132. The zero-order valence-electron chi connectivity index (χ0n) is 22.4. The fraction of sp³-hybridized carbons (Fsp3) is 0.290. The molecule has 1 saturated heterocycles. The predicted octanol–water partition coefficient (Wildman–Crippen LogP) is 7.06. The lowest BCUT2D eigenvalue weighted by Gasteiger charge is -2.27. The van der Waals surface area contributed by atoms with E-state index in [0.29, 0.717) is 28.3 Å². The van der Waals surface area contributed by atoms with E-state index >= 15 is 0 Å². The van der Waals surface area contributed by atoms with Crippen molar-refractivity contribution in [1.29, 1.82) is 0 Å². The average molecular weight is 534 g/mol. The normalized spacial score (nSPS) is 17.3. The Labute approximate surface area is 228 Å². The third-order valence-corrected chi connectivity index (χ3v) is 6.74. The maximum Gasteiger partial charge on any atom is 0.300 e. The molecule has 6 nitrogen and oxygen atoms in total. The van der Waals surface area contributed by atoms with Crippen LogP contribution in [0.4, 0.5) is 5.69 Å². The Kier molecular flexibility index (Phi) is 7.56. The number of halogens is 1. The number of carbonyl (C=O) groups is 2. The number of anilines is 1. The molecule has 3 aromatic carbocycles. The third kappa shape index (κ3) is 5.27. The lowest BCUT2D eigenvalue weighted by Crippen LogP contribution is -2.29. The van der Waals surface area contributed by atoms with E-state index in [1.807, 2.05) is 38.1 Å². The molecule has 0 bridgehead atoms. The first kappa shape index (κ1) is 27.3. The van der Waals surface area contributed by atoms with Crippen molar-refractivity contribution in [3.8, 4) is 11.5 Å². The summed E-state index contributed by atoms with van der Waals surface area (Å²) in [5, 5.41) is 11.7. The second kappa shape index (κ2) is 10.5. The Balaban J connectivity index is 1.88. The number of carbonyl (C=O) groups excluding carboxylic acids is 2. The quantitative estimate of drug-likeness (QED) is 0.208. The number of methoxy groups -OCH3 is 1. The summed E-state index contributed by atoms with van der Waals surface area (Å²) in [4.78, 5) is 28.3. The lowest BCUT2D eigenvalue weighted by atomic mass is 9.85. The number of Topliss-reactive ketones (excluding diaryl/α,β-unsaturated/α-hetero) is 1. The zero-order chi connectivity index (χ0) is 27.8. The molecule has 0 radical (unpaired) electrons. The number of benzene rings is 3. The minimum Gasteiger partial charge on any atom is -0.507 e. The van der Waals surface area contributed by atoms with E-state index < -0.39 is 17.7 Å². The van der Waals surface area contributed by atoms with Gasteiger partial charge < -0.3 is 14.6 Å². The van der Waals surface area contributed by atoms with Crippen molar-refractivity contribution in [2.75, 3.05) is 12.0 Å². The highest BCUT2D eigenvalue weighted by atomic mass is 35.5. The van der Waals surface area contributed by atoms with E-state index in [2.05, 4.69) is 20.8 Å². The van der Waals surface area contributed by atoms with Crippen molar-refractivity contribution in [1.82, 2.24) is 0 Å². The summed E-state index contributed by atoms with van der Waals surface area (Å²) in [5.41, 5.74) is 2.54. The summed E-state index contributed by atoms with van der Waals surface area (Å²) in [6.45, 7) is 10.2. The van der Waals surface area contributed by atoms with Gasteiger partial charge >= 0.3 is 0 Å². The molecule has 38 heavy (non-hydrogen) atoms. The van der Waals surface area contributed by atoms with Crippen LogP contribution in [0.25, 0.3) is 5.76 Å². The standard InChI is InChI=1S/C31H32ClNO5/c1-18(2)38-23-14-12-22(13-15-23)33-27(19-7-10-21(11-8-19)31(3,4)5)26(29(35)30(33)36)28(34)20-9-16-25(37-6)24(32)17-20/h7-18,27,34H,1-6H3/b28-26-. The first-order valence-electron chi connectivity index (χ1n) is 12.4. The van der Waals surface area contributed by atoms with Gasteiger partial charge in [0.25, 0.3) is 11.7 Å². The molecule has 0 saturated carbocycles. The summed E-state index contributed by atoms with van der Waals surface area (Å²) in [6, 6.07) is 18.6. The second-order valence-electron chi connectivity index (χ2n) is 10.6. The van der Waals surface area contributed by atoms with Gasteiger partial charge in [0.05, 0.1) is 29.9 Å². The minimum absolute atomic E-state index is 0.00673. The van der Waals surface area contributed by atoms with Crippen LogP contribution in [-0.4, -0.2) is 30.0 Å². The molecule has 4 rings (SSSR count). The van der Waals surface area contributed by atoms with E-state index in [-0.39, 0.29) is 27.9 Å². The van der Waals surface area contributed by atoms with E-state index in [4.69, 9.17) is 21.1 Å². The number of nitrogens with zero attached hydrogens (tertiary/aromatic N) is 1. The molecular weight excluding hydrogens is 502 g/mol. The molecule has 1 fully saturated rings. The van der Waals surface area contributed by atoms with E-state index in [1.165, 1.54) is 18.1 Å². The number of amides is 1. The summed E-state index contributed by atoms with van der Waals surface area (Å²) >= 11 is 6.30. The van der Waals surface area contributed by atoms with Gasteiger partial charge in [0.15, 0.2) is 0 Å². The van der Waals surface area contributed by atoms with E-state index in [1.54, 1.807) is 36.4 Å². The van der Waals surface area contributed by atoms with Crippen LogP contribution in [0.15, 0.2) is 72.3 Å². The minimum atomic E-state index is -0.846. The van der Waals surface area contributed by atoms with Gasteiger partial charge in [-0.05, 0) is 72.9 Å². The highest BCUT2D eigenvalue weighted by Crippen LogP contribution is 2.43. The van der Waals surface area contributed by atoms with Crippen LogP contribution in [0.1, 0.15) is 57.4 Å².